The number of fused-ring (bicyclic) bond motifs is 1. The van der Waals surface area contributed by atoms with Crippen LogP contribution < -0.4 is 0 Å². The molecule has 0 N–H and O–H groups in total. The molecule has 28 heavy (non-hydrogen) atoms. The molecule has 0 saturated carbocycles. The Hall–Kier alpha value is -3.20. The van der Waals surface area contributed by atoms with Crippen molar-refractivity contribution in [2.24, 2.45) is 0 Å². The van der Waals surface area contributed by atoms with Crippen molar-refractivity contribution in [1.29, 1.82) is 0 Å². The molecular formula is C19H19N7O2. The van der Waals surface area contributed by atoms with Crippen LogP contribution in [-0.4, -0.2) is 59.2 Å². The average molecular weight is 377 g/mol. The summed E-state index contributed by atoms with van der Waals surface area (Å²) in [6, 6.07) is 3.77. The van der Waals surface area contributed by atoms with Crippen molar-refractivity contribution in [2.75, 3.05) is 13.1 Å². The molecule has 1 spiro atoms. The maximum Gasteiger partial charge on any atom is 0.227 e. The number of likely N-dealkylation sites (tertiary alicyclic amines) is 1. The highest BCUT2D eigenvalue weighted by Crippen LogP contribution is 2.34. The predicted molar refractivity (Wildman–Crippen MR) is 97.7 cm³/mol. The number of hydrogen-bond acceptors (Lipinski definition) is 7. The molecule has 3 aromatic rings. The van der Waals surface area contributed by atoms with Crippen LogP contribution in [0.3, 0.4) is 0 Å². The highest BCUT2D eigenvalue weighted by molar-refractivity contribution is 5.79. The Bertz CT molecular complexity index is 992. The maximum atomic E-state index is 12.7. The van der Waals surface area contributed by atoms with Crippen LogP contribution in [0.25, 0.3) is 11.5 Å². The summed E-state index contributed by atoms with van der Waals surface area (Å²) in [7, 11) is 0. The lowest BCUT2D eigenvalue weighted by Gasteiger charge is -2.34. The zero-order valence-electron chi connectivity index (χ0n) is 15.2. The van der Waals surface area contributed by atoms with Gasteiger partial charge in [0.1, 0.15) is 17.9 Å². The van der Waals surface area contributed by atoms with Crippen LogP contribution in [0.5, 0.6) is 0 Å². The molecule has 0 radical (unpaired) electrons. The van der Waals surface area contributed by atoms with Crippen LogP contribution in [0.2, 0.25) is 0 Å². The van der Waals surface area contributed by atoms with Gasteiger partial charge in [0.2, 0.25) is 5.91 Å². The number of pyridine rings is 1. The Morgan fingerprint density at radius 1 is 1.14 bits per heavy atom. The van der Waals surface area contributed by atoms with E-state index in [9.17, 15) is 4.79 Å². The van der Waals surface area contributed by atoms with Gasteiger partial charge in [0, 0.05) is 31.3 Å². The van der Waals surface area contributed by atoms with E-state index < -0.39 is 5.60 Å². The van der Waals surface area contributed by atoms with Crippen molar-refractivity contribution in [2.45, 2.75) is 31.6 Å². The summed E-state index contributed by atoms with van der Waals surface area (Å²) in [4.78, 5) is 27.1. The van der Waals surface area contributed by atoms with Gasteiger partial charge in [-0.15, -0.1) is 10.2 Å². The monoisotopic (exact) mass is 377 g/mol. The first-order valence-electron chi connectivity index (χ1n) is 9.22. The molecule has 1 unspecified atom stereocenters. The first-order chi connectivity index (χ1) is 13.7. The number of carbonyl (C=O) groups excluding carboxylic acids is 1. The lowest BCUT2D eigenvalue weighted by Crippen LogP contribution is -2.45. The summed E-state index contributed by atoms with van der Waals surface area (Å²) in [5, 5.41) is 8.51. The van der Waals surface area contributed by atoms with Gasteiger partial charge in [-0.05, 0) is 18.1 Å². The summed E-state index contributed by atoms with van der Waals surface area (Å²) in [5.41, 5.74) is 1.18. The molecule has 142 valence electrons. The van der Waals surface area contributed by atoms with E-state index in [1.807, 2.05) is 21.6 Å². The van der Waals surface area contributed by atoms with Crippen LogP contribution in [0, 0.1) is 0 Å². The molecule has 1 atom stereocenters. The molecule has 1 fully saturated rings. The molecule has 1 saturated heterocycles. The zero-order chi connectivity index (χ0) is 19.0. The van der Waals surface area contributed by atoms with Gasteiger partial charge in [-0.3, -0.25) is 14.8 Å². The molecule has 2 aliphatic rings. The molecule has 5 heterocycles. The lowest BCUT2D eigenvalue weighted by molar-refractivity contribution is -0.132. The number of nitrogens with zero attached hydrogens (tertiary/aromatic N) is 7. The summed E-state index contributed by atoms with van der Waals surface area (Å²) in [5.74, 6) is 1.55. The number of hydrogen-bond donors (Lipinski definition) is 0. The van der Waals surface area contributed by atoms with Gasteiger partial charge in [-0.1, -0.05) is 6.07 Å². The van der Waals surface area contributed by atoms with Gasteiger partial charge in [0.05, 0.1) is 25.7 Å². The molecule has 0 aliphatic carbocycles. The third-order valence-corrected chi connectivity index (χ3v) is 5.32. The van der Waals surface area contributed by atoms with E-state index in [0.29, 0.717) is 44.2 Å². The van der Waals surface area contributed by atoms with E-state index in [1.165, 1.54) is 0 Å². The van der Waals surface area contributed by atoms with Gasteiger partial charge in [0.25, 0.3) is 0 Å². The van der Waals surface area contributed by atoms with E-state index in [0.717, 1.165) is 17.8 Å². The number of carbonyl (C=O) groups is 1. The van der Waals surface area contributed by atoms with Gasteiger partial charge in [-0.2, -0.15) is 0 Å². The lowest BCUT2D eigenvalue weighted by atomic mass is 10.0. The minimum Gasteiger partial charge on any atom is -0.363 e. The Morgan fingerprint density at radius 3 is 2.89 bits per heavy atom. The van der Waals surface area contributed by atoms with Gasteiger partial charge in [-0.25, -0.2) is 4.98 Å². The minimum atomic E-state index is -0.420. The Labute approximate surface area is 161 Å². The van der Waals surface area contributed by atoms with Gasteiger partial charge in [0.15, 0.2) is 11.6 Å². The third-order valence-electron chi connectivity index (χ3n) is 5.32. The Balaban J connectivity index is 1.33. The molecule has 1 amide bonds. The maximum absolute atomic E-state index is 12.7. The van der Waals surface area contributed by atoms with Crippen molar-refractivity contribution >= 4 is 5.91 Å². The predicted octanol–water partition coefficient (Wildman–Crippen LogP) is 0.874. The average Bonchev–Trinajstić information content (AvgIpc) is 3.34. The smallest absolute Gasteiger partial charge is 0.227 e. The topological polar surface area (TPSA) is 98.9 Å². The summed E-state index contributed by atoms with van der Waals surface area (Å²) >= 11 is 0. The van der Waals surface area contributed by atoms with Crippen LogP contribution in [0.15, 0.2) is 43.1 Å². The Morgan fingerprint density at radius 2 is 2.07 bits per heavy atom. The Kier molecular flexibility index (Phi) is 4.09. The van der Waals surface area contributed by atoms with E-state index >= 15 is 0 Å². The van der Waals surface area contributed by atoms with Gasteiger partial charge >= 0.3 is 0 Å². The largest absolute Gasteiger partial charge is 0.363 e. The first kappa shape index (κ1) is 16.9. The van der Waals surface area contributed by atoms with E-state index in [1.54, 1.807) is 31.0 Å². The molecule has 3 aromatic heterocycles. The molecule has 5 rings (SSSR count). The number of amides is 1. The van der Waals surface area contributed by atoms with Gasteiger partial charge < -0.3 is 14.2 Å². The SMILES string of the molecule is O=C(Cc1cccnc1)N1CCC2(C1)Cn1c(nnc1-c1cnccn1)CO2. The van der Waals surface area contributed by atoms with Crippen molar-refractivity contribution in [3.8, 4) is 11.5 Å². The minimum absolute atomic E-state index is 0.0946. The van der Waals surface area contributed by atoms with Crippen molar-refractivity contribution < 1.29 is 9.53 Å². The summed E-state index contributed by atoms with van der Waals surface area (Å²) in [6.07, 6.45) is 9.52. The number of rotatable bonds is 3. The number of ether oxygens (including phenoxy) is 1. The normalized spacial score (nSPS) is 21.1. The molecular weight excluding hydrogens is 358 g/mol. The molecule has 2 aliphatic heterocycles. The van der Waals surface area contributed by atoms with E-state index in [2.05, 4.69) is 25.1 Å². The van der Waals surface area contributed by atoms with E-state index in [4.69, 9.17) is 4.74 Å². The highest BCUT2D eigenvalue weighted by atomic mass is 16.5. The van der Waals surface area contributed by atoms with Crippen molar-refractivity contribution in [3.63, 3.8) is 0 Å². The zero-order valence-corrected chi connectivity index (χ0v) is 15.2. The second-order valence-electron chi connectivity index (χ2n) is 7.19. The quantitative estimate of drug-likeness (QED) is 0.668. The fourth-order valence-corrected chi connectivity index (χ4v) is 3.86. The fraction of sp³-hybridized carbons (Fsp3) is 0.368. The third kappa shape index (κ3) is 3.03. The summed E-state index contributed by atoms with van der Waals surface area (Å²) < 4.78 is 8.21. The second-order valence-corrected chi connectivity index (χ2v) is 7.19. The van der Waals surface area contributed by atoms with Crippen LogP contribution in [0.4, 0.5) is 0 Å². The van der Waals surface area contributed by atoms with Crippen LogP contribution in [-0.2, 0) is 29.1 Å². The molecule has 0 bridgehead atoms. The van der Waals surface area contributed by atoms with Crippen LogP contribution >= 0.6 is 0 Å². The highest BCUT2D eigenvalue weighted by Gasteiger charge is 2.44. The standard InChI is InChI=1S/C19H19N7O2/c27-17(8-14-2-1-4-20-9-14)25-7-3-19(12-25)13-26-16(11-28-19)23-24-18(26)15-10-21-5-6-22-15/h1-2,4-6,9-10H,3,7-8,11-13H2. The van der Waals surface area contributed by atoms with Crippen molar-refractivity contribution in [3.05, 3.63) is 54.5 Å². The second kappa shape index (κ2) is 6.75. The van der Waals surface area contributed by atoms with E-state index in [-0.39, 0.29) is 5.91 Å². The summed E-state index contributed by atoms with van der Waals surface area (Å²) in [6.45, 7) is 2.20. The van der Waals surface area contributed by atoms with Crippen molar-refractivity contribution in [1.82, 2.24) is 34.6 Å². The first-order valence-corrected chi connectivity index (χ1v) is 9.22. The molecule has 9 nitrogen and oxygen atoms in total. The molecule has 0 aromatic carbocycles. The fourth-order valence-electron chi connectivity index (χ4n) is 3.86. The molecule has 9 heteroatoms. The van der Waals surface area contributed by atoms with Crippen LogP contribution in [0.1, 0.15) is 17.8 Å². The number of aromatic nitrogens is 6.